The number of hydrogen-bond acceptors (Lipinski definition) is 4. The third kappa shape index (κ3) is 4.67. The first kappa shape index (κ1) is 20.4. The fourth-order valence-corrected chi connectivity index (χ4v) is 6.04. The molecular formula is C25H34O4. The first-order valence-electron chi connectivity index (χ1n) is 11.6. The highest BCUT2D eigenvalue weighted by Crippen LogP contribution is 2.54. The van der Waals surface area contributed by atoms with Crippen molar-refractivity contribution in [2.24, 2.45) is 23.7 Å². The van der Waals surface area contributed by atoms with Crippen LogP contribution in [0.4, 0.5) is 0 Å². The molecule has 4 nitrogen and oxygen atoms in total. The van der Waals surface area contributed by atoms with Gasteiger partial charge in [-0.15, -0.1) is 0 Å². The second-order valence-corrected chi connectivity index (χ2v) is 9.40. The summed E-state index contributed by atoms with van der Waals surface area (Å²) >= 11 is 0. The second-order valence-electron chi connectivity index (χ2n) is 9.40. The molecular weight excluding hydrogens is 364 g/mol. The zero-order chi connectivity index (χ0) is 20.2. The molecule has 4 aliphatic rings. The van der Waals surface area contributed by atoms with E-state index in [1.54, 1.807) is 24.3 Å². The number of hydrogen-bond donors (Lipinski definition) is 0. The monoisotopic (exact) mass is 398 g/mol. The van der Waals surface area contributed by atoms with Gasteiger partial charge in [0, 0.05) is 0 Å². The molecule has 0 atom stereocenters. The van der Waals surface area contributed by atoms with Gasteiger partial charge in [0.1, 0.15) is 6.10 Å². The van der Waals surface area contributed by atoms with Crippen LogP contribution in [-0.2, 0) is 9.47 Å². The van der Waals surface area contributed by atoms with Crippen molar-refractivity contribution in [1.82, 2.24) is 0 Å². The summed E-state index contributed by atoms with van der Waals surface area (Å²) in [6, 6.07) is 6.93. The van der Waals surface area contributed by atoms with E-state index in [0.29, 0.717) is 29.6 Å². The Kier molecular flexibility index (Phi) is 6.56. The Morgan fingerprint density at radius 3 is 2.03 bits per heavy atom. The standard InChI is InChI=1S/C25H34O4/c1-2-3-4-5-8-11-28-24(26)21-9-6-7-10-22(21)25(27)29-23-19-13-17-12-18(15-19)16-20(23)14-17/h6-7,9-10,17-20,23H,2-5,8,11-16H2,1H3. The molecule has 29 heavy (non-hydrogen) atoms. The van der Waals surface area contributed by atoms with Gasteiger partial charge in [0.05, 0.1) is 17.7 Å². The summed E-state index contributed by atoms with van der Waals surface area (Å²) in [7, 11) is 0. The average Bonchev–Trinajstić information content (AvgIpc) is 2.72. The van der Waals surface area contributed by atoms with Crippen LogP contribution in [0.1, 0.15) is 91.8 Å². The van der Waals surface area contributed by atoms with E-state index < -0.39 is 5.97 Å². The molecule has 4 saturated carbocycles. The number of ether oxygens (including phenoxy) is 2. The molecule has 0 spiro atoms. The quantitative estimate of drug-likeness (QED) is 0.390. The Balaban J connectivity index is 1.35. The topological polar surface area (TPSA) is 52.6 Å². The normalized spacial score (nSPS) is 29.6. The van der Waals surface area contributed by atoms with Crippen molar-refractivity contribution in [3.8, 4) is 0 Å². The van der Waals surface area contributed by atoms with E-state index in [2.05, 4.69) is 6.92 Å². The molecule has 4 aliphatic carbocycles. The van der Waals surface area contributed by atoms with Gasteiger partial charge in [-0.3, -0.25) is 0 Å². The summed E-state index contributed by atoms with van der Waals surface area (Å²) < 4.78 is 11.5. The van der Waals surface area contributed by atoms with Crippen molar-refractivity contribution < 1.29 is 19.1 Å². The van der Waals surface area contributed by atoms with Crippen molar-refractivity contribution in [2.45, 2.75) is 77.2 Å². The van der Waals surface area contributed by atoms with Crippen LogP contribution in [0, 0.1) is 23.7 Å². The third-order valence-corrected chi connectivity index (χ3v) is 7.23. The number of esters is 2. The highest BCUT2D eigenvalue weighted by Gasteiger charge is 2.50. The maximum absolute atomic E-state index is 13.0. The molecule has 0 aliphatic heterocycles. The zero-order valence-electron chi connectivity index (χ0n) is 17.6. The lowest BCUT2D eigenvalue weighted by Gasteiger charge is -2.53. The average molecular weight is 399 g/mol. The minimum absolute atomic E-state index is 0.0259. The zero-order valence-corrected chi connectivity index (χ0v) is 17.6. The fraction of sp³-hybridized carbons (Fsp3) is 0.680. The van der Waals surface area contributed by atoms with E-state index in [9.17, 15) is 9.59 Å². The van der Waals surface area contributed by atoms with E-state index in [-0.39, 0.29) is 12.1 Å². The molecule has 4 heteroatoms. The first-order chi connectivity index (χ1) is 14.2. The molecule has 0 heterocycles. The molecule has 158 valence electrons. The summed E-state index contributed by atoms with van der Waals surface area (Å²) in [6.07, 6.45) is 11.7. The molecule has 0 aromatic heterocycles. The van der Waals surface area contributed by atoms with Crippen molar-refractivity contribution in [1.29, 1.82) is 0 Å². The SMILES string of the molecule is CCCCCCCOC(=O)c1ccccc1C(=O)OC1C2CC3CC(C2)CC1C3. The Bertz CT molecular complexity index is 697. The summed E-state index contributed by atoms with van der Waals surface area (Å²) in [5.74, 6) is 1.92. The summed E-state index contributed by atoms with van der Waals surface area (Å²) in [5.41, 5.74) is 0.673. The Labute approximate surface area is 174 Å². The van der Waals surface area contributed by atoms with Gasteiger partial charge >= 0.3 is 11.9 Å². The molecule has 1 aromatic rings. The second kappa shape index (κ2) is 9.32. The van der Waals surface area contributed by atoms with Crippen molar-refractivity contribution in [2.75, 3.05) is 6.61 Å². The lowest BCUT2D eigenvalue weighted by atomic mass is 9.55. The van der Waals surface area contributed by atoms with Gasteiger partial charge in [-0.2, -0.15) is 0 Å². The van der Waals surface area contributed by atoms with Crippen LogP contribution < -0.4 is 0 Å². The maximum atomic E-state index is 13.0. The fourth-order valence-electron chi connectivity index (χ4n) is 6.04. The molecule has 0 radical (unpaired) electrons. The van der Waals surface area contributed by atoms with Gasteiger partial charge < -0.3 is 9.47 Å². The number of carbonyl (C=O) groups is 2. The van der Waals surface area contributed by atoms with Crippen LogP contribution >= 0.6 is 0 Å². The smallest absolute Gasteiger partial charge is 0.339 e. The van der Waals surface area contributed by atoms with E-state index in [1.807, 2.05) is 0 Å². The molecule has 0 saturated heterocycles. The number of benzene rings is 1. The van der Waals surface area contributed by atoms with Crippen LogP contribution in [0.15, 0.2) is 24.3 Å². The summed E-state index contributed by atoms with van der Waals surface area (Å²) in [5, 5.41) is 0. The van der Waals surface area contributed by atoms with Crippen LogP contribution in [0.5, 0.6) is 0 Å². The highest BCUT2D eigenvalue weighted by atomic mass is 16.5. The highest BCUT2D eigenvalue weighted by molar-refractivity contribution is 6.03. The van der Waals surface area contributed by atoms with Crippen molar-refractivity contribution >= 4 is 11.9 Å². The van der Waals surface area contributed by atoms with E-state index in [4.69, 9.17) is 9.47 Å². The van der Waals surface area contributed by atoms with Crippen LogP contribution in [-0.4, -0.2) is 24.6 Å². The lowest BCUT2D eigenvalue weighted by molar-refractivity contribution is -0.101. The van der Waals surface area contributed by atoms with Crippen LogP contribution in [0.3, 0.4) is 0 Å². The molecule has 0 unspecified atom stereocenters. The predicted molar refractivity (Wildman–Crippen MR) is 112 cm³/mol. The minimum atomic E-state index is -0.418. The molecule has 0 amide bonds. The third-order valence-electron chi connectivity index (χ3n) is 7.23. The lowest BCUT2D eigenvalue weighted by Crippen LogP contribution is -2.50. The van der Waals surface area contributed by atoms with E-state index in [1.165, 1.54) is 51.4 Å². The Morgan fingerprint density at radius 1 is 0.828 bits per heavy atom. The van der Waals surface area contributed by atoms with Gasteiger partial charge in [0.2, 0.25) is 0 Å². The minimum Gasteiger partial charge on any atom is -0.462 e. The van der Waals surface area contributed by atoms with Gasteiger partial charge in [0.25, 0.3) is 0 Å². The molecule has 0 N–H and O–H groups in total. The maximum Gasteiger partial charge on any atom is 0.339 e. The Hall–Kier alpha value is -1.84. The van der Waals surface area contributed by atoms with Crippen LogP contribution in [0.2, 0.25) is 0 Å². The first-order valence-corrected chi connectivity index (χ1v) is 11.6. The van der Waals surface area contributed by atoms with Gasteiger partial charge in [-0.05, 0) is 74.3 Å². The predicted octanol–water partition coefficient (Wildman–Crippen LogP) is 5.80. The van der Waals surface area contributed by atoms with E-state index in [0.717, 1.165) is 24.7 Å². The molecule has 4 fully saturated rings. The summed E-state index contributed by atoms with van der Waals surface area (Å²) in [6.45, 7) is 2.58. The number of carbonyl (C=O) groups excluding carboxylic acids is 2. The number of rotatable bonds is 9. The van der Waals surface area contributed by atoms with E-state index >= 15 is 0 Å². The largest absolute Gasteiger partial charge is 0.462 e. The van der Waals surface area contributed by atoms with Crippen molar-refractivity contribution in [3.63, 3.8) is 0 Å². The number of unbranched alkanes of at least 4 members (excludes halogenated alkanes) is 4. The molecule has 4 bridgehead atoms. The van der Waals surface area contributed by atoms with Crippen LogP contribution in [0.25, 0.3) is 0 Å². The molecule has 1 aromatic carbocycles. The molecule has 5 rings (SSSR count). The summed E-state index contributed by atoms with van der Waals surface area (Å²) in [4.78, 5) is 25.5. The van der Waals surface area contributed by atoms with Crippen molar-refractivity contribution in [3.05, 3.63) is 35.4 Å². The van der Waals surface area contributed by atoms with Gasteiger partial charge in [-0.1, -0.05) is 44.7 Å². The Morgan fingerprint density at radius 2 is 1.41 bits per heavy atom. The van der Waals surface area contributed by atoms with Gasteiger partial charge in [-0.25, -0.2) is 9.59 Å². The van der Waals surface area contributed by atoms with Gasteiger partial charge in [0.15, 0.2) is 0 Å².